The zero-order chi connectivity index (χ0) is 15.0. The van der Waals surface area contributed by atoms with Crippen molar-refractivity contribution >= 4 is 17.6 Å². The molecule has 21 heavy (non-hydrogen) atoms. The molecule has 1 aliphatic heterocycles. The first-order valence-electron chi connectivity index (χ1n) is 6.32. The summed E-state index contributed by atoms with van der Waals surface area (Å²) in [5, 5.41) is 3.00. The maximum atomic E-state index is 12.8. The lowest BCUT2D eigenvalue weighted by molar-refractivity contribution is -0.137. The fourth-order valence-electron chi connectivity index (χ4n) is 2.22. The SMILES string of the molecule is CNc1nc(-c2cccc(C(F)(F)F)c2)nc2c1CSC2. The van der Waals surface area contributed by atoms with Gasteiger partial charge in [0.15, 0.2) is 5.82 Å². The van der Waals surface area contributed by atoms with Crippen molar-refractivity contribution in [1.82, 2.24) is 9.97 Å². The van der Waals surface area contributed by atoms with E-state index in [4.69, 9.17) is 0 Å². The van der Waals surface area contributed by atoms with Crippen LogP contribution in [0.3, 0.4) is 0 Å². The third-order valence-electron chi connectivity index (χ3n) is 3.26. The van der Waals surface area contributed by atoms with E-state index < -0.39 is 11.7 Å². The van der Waals surface area contributed by atoms with E-state index in [1.54, 1.807) is 24.9 Å². The van der Waals surface area contributed by atoms with Crippen molar-refractivity contribution in [2.24, 2.45) is 0 Å². The Labute approximate surface area is 124 Å². The van der Waals surface area contributed by atoms with E-state index in [-0.39, 0.29) is 0 Å². The molecule has 2 aromatic rings. The highest BCUT2D eigenvalue weighted by Gasteiger charge is 2.30. The van der Waals surface area contributed by atoms with Crippen molar-refractivity contribution in [2.75, 3.05) is 12.4 Å². The minimum absolute atomic E-state index is 0.326. The van der Waals surface area contributed by atoms with Gasteiger partial charge in [0.1, 0.15) is 5.82 Å². The molecule has 0 saturated heterocycles. The molecule has 1 aromatic heterocycles. The van der Waals surface area contributed by atoms with Crippen molar-refractivity contribution in [2.45, 2.75) is 17.7 Å². The van der Waals surface area contributed by atoms with Crippen LogP contribution in [0.25, 0.3) is 11.4 Å². The predicted molar refractivity (Wildman–Crippen MR) is 77.0 cm³/mol. The summed E-state index contributed by atoms with van der Waals surface area (Å²) in [6.45, 7) is 0. The molecular formula is C14H12F3N3S. The summed E-state index contributed by atoms with van der Waals surface area (Å²) in [6.07, 6.45) is -4.37. The fourth-order valence-corrected chi connectivity index (χ4v) is 3.26. The Kier molecular flexibility index (Phi) is 3.52. The number of alkyl halides is 3. The Morgan fingerprint density at radius 3 is 2.71 bits per heavy atom. The number of hydrogen-bond acceptors (Lipinski definition) is 4. The highest BCUT2D eigenvalue weighted by Crippen LogP contribution is 2.35. The summed E-state index contributed by atoms with van der Waals surface area (Å²) < 4.78 is 38.4. The van der Waals surface area contributed by atoms with Crippen LogP contribution in [0.5, 0.6) is 0 Å². The van der Waals surface area contributed by atoms with Gasteiger partial charge in [-0.25, -0.2) is 9.97 Å². The van der Waals surface area contributed by atoms with Crippen molar-refractivity contribution in [3.8, 4) is 11.4 Å². The lowest BCUT2D eigenvalue weighted by Gasteiger charge is -2.11. The largest absolute Gasteiger partial charge is 0.416 e. The molecule has 1 N–H and O–H groups in total. The van der Waals surface area contributed by atoms with Gasteiger partial charge in [-0.2, -0.15) is 24.9 Å². The van der Waals surface area contributed by atoms with E-state index in [2.05, 4.69) is 15.3 Å². The molecule has 0 aliphatic carbocycles. The number of fused-ring (bicyclic) bond motifs is 1. The molecule has 3 rings (SSSR count). The third kappa shape index (κ3) is 2.70. The lowest BCUT2D eigenvalue weighted by Crippen LogP contribution is -2.06. The van der Waals surface area contributed by atoms with Gasteiger partial charge >= 0.3 is 6.18 Å². The van der Waals surface area contributed by atoms with E-state index in [0.29, 0.717) is 17.2 Å². The molecule has 110 valence electrons. The number of rotatable bonds is 2. The second-order valence-electron chi connectivity index (χ2n) is 4.64. The van der Waals surface area contributed by atoms with Crippen LogP contribution in [0, 0.1) is 0 Å². The van der Waals surface area contributed by atoms with Crippen LogP contribution in [0.1, 0.15) is 16.8 Å². The summed E-state index contributed by atoms with van der Waals surface area (Å²) in [7, 11) is 1.75. The van der Waals surface area contributed by atoms with Gasteiger partial charge in [-0.1, -0.05) is 12.1 Å². The van der Waals surface area contributed by atoms with Crippen LogP contribution < -0.4 is 5.32 Å². The maximum absolute atomic E-state index is 12.8. The van der Waals surface area contributed by atoms with Crippen LogP contribution >= 0.6 is 11.8 Å². The maximum Gasteiger partial charge on any atom is 0.416 e. The van der Waals surface area contributed by atoms with Gasteiger partial charge in [0, 0.05) is 29.7 Å². The van der Waals surface area contributed by atoms with Gasteiger partial charge in [0.25, 0.3) is 0 Å². The quantitative estimate of drug-likeness (QED) is 0.911. The van der Waals surface area contributed by atoms with E-state index in [9.17, 15) is 13.2 Å². The Bertz CT molecular complexity index is 686. The minimum atomic E-state index is -4.37. The second-order valence-corrected chi connectivity index (χ2v) is 5.63. The molecule has 1 aromatic carbocycles. The van der Waals surface area contributed by atoms with Gasteiger partial charge in [0.05, 0.1) is 11.3 Å². The normalized spacial score (nSPS) is 14.1. The molecule has 3 nitrogen and oxygen atoms in total. The number of nitrogens with one attached hydrogen (secondary N) is 1. The number of nitrogens with zero attached hydrogens (tertiary/aromatic N) is 2. The topological polar surface area (TPSA) is 37.8 Å². The molecule has 0 spiro atoms. The first kappa shape index (κ1) is 14.2. The van der Waals surface area contributed by atoms with Gasteiger partial charge in [-0.3, -0.25) is 0 Å². The second kappa shape index (κ2) is 5.22. The number of thioether (sulfide) groups is 1. The van der Waals surface area contributed by atoms with Gasteiger partial charge in [0.2, 0.25) is 0 Å². The summed E-state index contributed by atoms with van der Waals surface area (Å²) in [4.78, 5) is 8.77. The van der Waals surface area contributed by atoms with Crippen LogP contribution in [0.4, 0.5) is 19.0 Å². The molecule has 0 amide bonds. The molecule has 2 heterocycles. The Morgan fingerprint density at radius 1 is 1.19 bits per heavy atom. The van der Waals surface area contributed by atoms with Crippen LogP contribution in [-0.2, 0) is 17.7 Å². The van der Waals surface area contributed by atoms with Crippen LogP contribution in [0.2, 0.25) is 0 Å². The first-order valence-corrected chi connectivity index (χ1v) is 7.47. The molecule has 0 atom stereocenters. The highest BCUT2D eigenvalue weighted by molar-refractivity contribution is 7.98. The first-order chi connectivity index (χ1) is 9.99. The number of aromatic nitrogens is 2. The molecule has 0 radical (unpaired) electrons. The summed E-state index contributed by atoms with van der Waals surface area (Å²) in [5.41, 5.74) is 1.62. The monoisotopic (exact) mass is 311 g/mol. The standard InChI is InChI=1S/C14H12F3N3S/c1-18-13-10-6-21-7-11(10)19-12(20-13)8-3-2-4-9(5-8)14(15,16)17/h2-5H,6-7H2,1H3,(H,18,19,20). The van der Waals surface area contributed by atoms with Gasteiger partial charge in [-0.15, -0.1) is 0 Å². The Morgan fingerprint density at radius 2 is 2.00 bits per heavy atom. The van der Waals surface area contributed by atoms with E-state index >= 15 is 0 Å². The molecule has 0 unspecified atom stereocenters. The van der Waals surface area contributed by atoms with Gasteiger partial charge < -0.3 is 5.32 Å². The zero-order valence-corrected chi connectivity index (χ0v) is 12.0. The van der Waals surface area contributed by atoms with Crippen molar-refractivity contribution in [1.29, 1.82) is 0 Å². The summed E-state index contributed by atoms with van der Waals surface area (Å²) >= 11 is 1.72. The van der Waals surface area contributed by atoms with Gasteiger partial charge in [-0.05, 0) is 12.1 Å². The summed E-state index contributed by atoms with van der Waals surface area (Å²) in [6, 6.07) is 5.11. The molecule has 0 saturated carbocycles. The smallest absolute Gasteiger partial charge is 0.373 e. The Hall–Kier alpha value is -1.76. The minimum Gasteiger partial charge on any atom is -0.373 e. The number of halogens is 3. The Balaban J connectivity index is 2.09. The molecule has 1 aliphatic rings. The zero-order valence-electron chi connectivity index (χ0n) is 11.2. The third-order valence-corrected chi connectivity index (χ3v) is 4.23. The highest BCUT2D eigenvalue weighted by atomic mass is 32.2. The van der Waals surface area contributed by atoms with Crippen LogP contribution in [0.15, 0.2) is 24.3 Å². The number of anilines is 1. The fraction of sp³-hybridized carbons (Fsp3) is 0.286. The molecule has 0 bridgehead atoms. The molecule has 0 fully saturated rings. The van der Waals surface area contributed by atoms with E-state index in [1.165, 1.54) is 6.07 Å². The predicted octanol–water partition coefficient (Wildman–Crippen LogP) is 3.95. The van der Waals surface area contributed by atoms with Crippen molar-refractivity contribution < 1.29 is 13.2 Å². The van der Waals surface area contributed by atoms with Crippen LogP contribution in [-0.4, -0.2) is 17.0 Å². The van der Waals surface area contributed by atoms with Crippen molar-refractivity contribution in [3.05, 3.63) is 41.1 Å². The lowest BCUT2D eigenvalue weighted by atomic mass is 10.1. The molecular weight excluding hydrogens is 299 g/mol. The average Bonchev–Trinajstić information content (AvgIpc) is 2.93. The average molecular weight is 311 g/mol. The van der Waals surface area contributed by atoms with E-state index in [1.807, 2.05) is 0 Å². The number of hydrogen-bond donors (Lipinski definition) is 1. The number of benzene rings is 1. The summed E-state index contributed by atoms with van der Waals surface area (Å²) in [5.74, 6) is 2.61. The molecule has 7 heteroatoms. The van der Waals surface area contributed by atoms with Crippen molar-refractivity contribution in [3.63, 3.8) is 0 Å². The van der Waals surface area contributed by atoms with E-state index in [0.717, 1.165) is 34.9 Å².